The minimum absolute atomic E-state index is 0.121. The highest BCUT2D eigenvalue weighted by molar-refractivity contribution is 6.05. The molecule has 3 amide bonds. The van der Waals surface area contributed by atoms with Gasteiger partial charge in [-0.1, -0.05) is 62.4 Å². The molecule has 14 nitrogen and oxygen atoms in total. The van der Waals surface area contributed by atoms with Gasteiger partial charge in [0.05, 0.1) is 50.5 Å². The molecule has 332 valence electrons. The lowest BCUT2D eigenvalue weighted by Crippen LogP contribution is -2.51. The van der Waals surface area contributed by atoms with Gasteiger partial charge in [0, 0.05) is 55.9 Å². The highest BCUT2D eigenvalue weighted by atomic mass is 16.5. The van der Waals surface area contributed by atoms with Crippen LogP contribution in [0.3, 0.4) is 0 Å². The molecule has 3 fully saturated rings. The number of nitrogens with one attached hydrogen (secondary N) is 3. The standard InChI is InChI=1S/C50H55N7O7/c1-27(2)46(55-50(60)63-5)48(58)57-23-28(25-61-3)15-44(57)47-51-22-40(53-47)31-11-13-34-33(16-31)26-64-45-21-35-30(17-37(34)45)12-14-38-36(35)20-39(52-38)43-19-32-18-42(32)56(43)24-41(54-49(59)62-4)29-9-7-6-8-10-29/h6-14,16-17,21-22,27-28,32,41-44,46H,15,18-20,23-26H2,1-5H3,(H,51,53)(H,54,59)(H,55,60)/t28-,32+,41-,42+,43-,44-,46-/m0/s1. The summed E-state index contributed by atoms with van der Waals surface area (Å²) in [5.74, 6) is 2.01. The van der Waals surface area contributed by atoms with E-state index in [0.29, 0.717) is 50.5 Å². The third-order valence-electron chi connectivity index (χ3n) is 14.0. The Hall–Kier alpha value is -6.25. The van der Waals surface area contributed by atoms with E-state index in [1.165, 1.54) is 31.9 Å². The number of ether oxygens (including phenoxy) is 4. The first-order valence-electron chi connectivity index (χ1n) is 22.4. The van der Waals surface area contributed by atoms with Crippen LogP contribution in [0.15, 0.2) is 84.0 Å². The Kier molecular flexibility index (Phi) is 11.1. The van der Waals surface area contributed by atoms with Crippen molar-refractivity contribution in [2.75, 3.05) is 41.0 Å². The zero-order valence-corrected chi connectivity index (χ0v) is 36.9. The smallest absolute Gasteiger partial charge is 0.407 e. The lowest BCUT2D eigenvalue weighted by Gasteiger charge is -2.31. The molecule has 4 aliphatic heterocycles. The summed E-state index contributed by atoms with van der Waals surface area (Å²) in [6.07, 6.45) is 4.48. The van der Waals surface area contributed by atoms with Crippen LogP contribution in [0.2, 0.25) is 0 Å². The van der Waals surface area contributed by atoms with Gasteiger partial charge in [-0.25, -0.2) is 14.6 Å². The first-order chi connectivity index (χ1) is 31.1. The molecular formula is C50H55N7O7. The van der Waals surface area contributed by atoms with Crippen molar-refractivity contribution in [3.8, 4) is 28.1 Å². The summed E-state index contributed by atoms with van der Waals surface area (Å²) in [6, 6.07) is 24.8. The summed E-state index contributed by atoms with van der Waals surface area (Å²) in [5, 5.41) is 8.14. The number of nitrogens with zero attached hydrogens (tertiary/aromatic N) is 4. The van der Waals surface area contributed by atoms with Crippen LogP contribution in [-0.4, -0.2) is 103 Å². The SMILES string of the molecule is COC[C@H]1C[C@@H](c2ncc(-c3ccc4c(c3)COc3cc5c6c(ccc5cc3-4)N=C([C@@H]3C[C@H]4C[C@H]4N3C[C@H](NC(=O)OC)c3ccccc3)C6)[nH]2)N(C(=O)[C@@H](NC(=O)OC)C(C)C)C1. The van der Waals surface area contributed by atoms with Crippen LogP contribution in [0.5, 0.6) is 5.75 Å². The monoisotopic (exact) mass is 865 g/mol. The van der Waals surface area contributed by atoms with Crippen LogP contribution in [-0.2, 0) is 32.0 Å². The van der Waals surface area contributed by atoms with Gasteiger partial charge in [-0.15, -0.1) is 0 Å². The van der Waals surface area contributed by atoms with Crippen LogP contribution in [0.25, 0.3) is 33.2 Å². The number of hydrogen-bond donors (Lipinski definition) is 3. The average molecular weight is 866 g/mol. The van der Waals surface area contributed by atoms with E-state index in [1.54, 1.807) is 7.11 Å². The predicted molar refractivity (Wildman–Crippen MR) is 242 cm³/mol. The number of carbonyl (C=O) groups excluding carboxylic acids is 3. The van der Waals surface area contributed by atoms with Gasteiger partial charge in [-0.2, -0.15) is 0 Å². The summed E-state index contributed by atoms with van der Waals surface area (Å²) in [5.41, 5.74) is 9.58. The van der Waals surface area contributed by atoms with E-state index in [4.69, 9.17) is 28.9 Å². The molecule has 5 aliphatic rings. The van der Waals surface area contributed by atoms with Crippen LogP contribution < -0.4 is 15.4 Å². The molecule has 5 heterocycles. The number of imidazole rings is 1. The molecule has 0 radical (unpaired) electrons. The maximum Gasteiger partial charge on any atom is 0.407 e. The van der Waals surface area contributed by atoms with Gasteiger partial charge in [-0.05, 0) is 94.0 Å². The Morgan fingerprint density at radius 2 is 1.72 bits per heavy atom. The highest BCUT2D eigenvalue weighted by Gasteiger charge is 2.54. The summed E-state index contributed by atoms with van der Waals surface area (Å²) >= 11 is 0. The lowest BCUT2D eigenvalue weighted by atomic mass is 9.90. The van der Waals surface area contributed by atoms with E-state index in [-0.39, 0.29) is 35.9 Å². The van der Waals surface area contributed by atoms with Crippen molar-refractivity contribution in [3.05, 3.63) is 102 Å². The Labute approximate surface area is 372 Å². The largest absolute Gasteiger partial charge is 0.488 e. The number of hydrogen-bond acceptors (Lipinski definition) is 10. The number of aromatic nitrogens is 2. The molecule has 1 saturated carbocycles. The van der Waals surface area contributed by atoms with E-state index in [2.05, 4.69) is 75.1 Å². The van der Waals surface area contributed by atoms with E-state index < -0.39 is 18.2 Å². The number of fused-ring (bicyclic) bond motifs is 7. The molecule has 5 aromatic rings. The van der Waals surface area contributed by atoms with Crippen molar-refractivity contribution in [1.29, 1.82) is 0 Å². The topological polar surface area (TPSA) is 160 Å². The van der Waals surface area contributed by atoms with E-state index in [0.717, 1.165) is 68.6 Å². The van der Waals surface area contributed by atoms with Crippen molar-refractivity contribution in [2.45, 2.75) is 76.3 Å². The number of benzene rings is 4. The van der Waals surface area contributed by atoms with Crippen molar-refractivity contribution in [3.63, 3.8) is 0 Å². The molecule has 2 saturated heterocycles. The van der Waals surface area contributed by atoms with Crippen LogP contribution in [0, 0.1) is 17.8 Å². The molecule has 0 bridgehead atoms. The number of carbonyl (C=O) groups is 3. The second-order valence-electron chi connectivity index (χ2n) is 18.3. The van der Waals surface area contributed by atoms with Gasteiger partial charge in [-0.3, -0.25) is 14.7 Å². The number of likely N-dealkylation sites (tertiary alicyclic amines) is 2. The first-order valence-corrected chi connectivity index (χ1v) is 22.4. The number of aromatic amines is 1. The van der Waals surface area contributed by atoms with Gasteiger partial charge in [0.1, 0.15) is 24.2 Å². The normalized spacial score (nSPS) is 22.8. The molecule has 10 rings (SSSR count). The number of rotatable bonds is 12. The summed E-state index contributed by atoms with van der Waals surface area (Å²) in [4.78, 5) is 56.6. The zero-order valence-electron chi connectivity index (χ0n) is 36.9. The number of alkyl carbamates (subject to hydrolysis) is 2. The maximum absolute atomic E-state index is 14.0. The van der Waals surface area contributed by atoms with Gasteiger partial charge in [0.2, 0.25) is 5.91 Å². The minimum atomic E-state index is -0.741. The Balaban J connectivity index is 0.872. The van der Waals surface area contributed by atoms with Crippen molar-refractivity contribution < 1.29 is 33.3 Å². The van der Waals surface area contributed by atoms with Crippen molar-refractivity contribution in [2.24, 2.45) is 22.7 Å². The van der Waals surface area contributed by atoms with Gasteiger partial charge < -0.3 is 39.5 Å². The Morgan fingerprint density at radius 1 is 0.906 bits per heavy atom. The summed E-state index contributed by atoms with van der Waals surface area (Å²) in [7, 11) is 4.37. The van der Waals surface area contributed by atoms with E-state index >= 15 is 0 Å². The molecule has 1 aliphatic carbocycles. The fraction of sp³-hybridized carbons (Fsp3) is 0.420. The number of H-pyrrole nitrogens is 1. The van der Waals surface area contributed by atoms with Crippen LogP contribution in [0.4, 0.5) is 15.3 Å². The van der Waals surface area contributed by atoms with Crippen molar-refractivity contribution >= 4 is 40.3 Å². The summed E-state index contributed by atoms with van der Waals surface area (Å²) in [6.45, 7) is 5.93. The highest BCUT2D eigenvalue weighted by Crippen LogP contribution is 2.51. The summed E-state index contributed by atoms with van der Waals surface area (Å²) < 4.78 is 21.9. The van der Waals surface area contributed by atoms with Crippen LogP contribution >= 0.6 is 0 Å². The second-order valence-corrected chi connectivity index (χ2v) is 18.3. The average Bonchev–Trinajstić information content (AvgIpc) is 3.74. The van der Waals surface area contributed by atoms with Gasteiger partial charge in [0.15, 0.2) is 0 Å². The molecule has 1 aromatic heterocycles. The quantitative estimate of drug-likeness (QED) is 0.113. The maximum atomic E-state index is 14.0. The van der Waals surface area contributed by atoms with Gasteiger partial charge >= 0.3 is 12.2 Å². The molecule has 0 unspecified atom stereocenters. The fourth-order valence-electron chi connectivity index (χ4n) is 10.7. The second kappa shape index (κ2) is 17.0. The number of methoxy groups -OCH3 is 3. The van der Waals surface area contributed by atoms with Gasteiger partial charge in [0.25, 0.3) is 0 Å². The number of aliphatic imine (C=N–C) groups is 1. The zero-order chi connectivity index (χ0) is 44.2. The fourth-order valence-corrected chi connectivity index (χ4v) is 10.7. The van der Waals surface area contributed by atoms with E-state index in [1.807, 2.05) is 43.1 Å². The molecule has 64 heavy (non-hydrogen) atoms. The molecular weight excluding hydrogens is 811 g/mol. The van der Waals surface area contributed by atoms with Crippen molar-refractivity contribution in [1.82, 2.24) is 30.4 Å². The minimum Gasteiger partial charge on any atom is -0.488 e. The third-order valence-corrected chi connectivity index (χ3v) is 14.0. The number of piperidine rings is 1. The molecule has 3 N–H and O–H groups in total. The molecule has 4 aromatic carbocycles. The van der Waals surface area contributed by atoms with Crippen LogP contribution in [0.1, 0.15) is 67.7 Å². The predicted octanol–water partition coefficient (Wildman–Crippen LogP) is 7.89. The number of amides is 3. The lowest BCUT2D eigenvalue weighted by molar-refractivity contribution is -0.135. The third kappa shape index (κ3) is 7.76. The first kappa shape index (κ1) is 41.7. The molecule has 0 spiro atoms. The Morgan fingerprint density at radius 3 is 2.50 bits per heavy atom. The Bertz CT molecular complexity index is 2650. The molecule has 14 heteroatoms. The molecule has 7 atom stereocenters. The van der Waals surface area contributed by atoms with E-state index in [9.17, 15) is 14.4 Å².